The first-order valence-corrected chi connectivity index (χ1v) is 15.7. The van der Waals surface area contributed by atoms with Crippen molar-refractivity contribution in [2.24, 2.45) is 0 Å². The molecule has 0 bridgehead atoms. The summed E-state index contributed by atoms with van der Waals surface area (Å²) in [5.74, 6) is -0.309. The minimum absolute atomic E-state index is 0.133. The number of amides is 3. The van der Waals surface area contributed by atoms with E-state index in [-0.39, 0.29) is 42.0 Å². The summed E-state index contributed by atoms with van der Waals surface area (Å²) in [6, 6.07) is 3.13. The molecule has 2 aliphatic rings. The minimum Gasteiger partial charge on any atom is -0.474 e. The monoisotopic (exact) mass is 671 g/mol. The lowest BCUT2D eigenvalue weighted by molar-refractivity contribution is 0.000855. The Labute approximate surface area is 277 Å². The van der Waals surface area contributed by atoms with Crippen molar-refractivity contribution in [1.82, 2.24) is 14.9 Å². The molecule has 4 heterocycles. The van der Waals surface area contributed by atoms with E-state index in [4.69, 9.17) is 30.5 Å². The van der Waals surface area contributed by atoms with Gasteiger partial charge in [-0.15, -0.1) is 0 Å². The molecule has 0 saturated carbocycles. The summed E-state index contributed by atoms with van der Waals surface area (Å²) >= 11 is 6.50. The van der Waals surface area contributed by atoms with Crippen molar-refractivity contribution in [2.45, 2.75) is 78.6 Å². The summed E-state index contributed by atoms with van der Waals surface area (Å²) in [6.07, 6.45) is 1.75. The van der Waals surface area contributed by atoms with Gasteiger partial charge in [0.05, 0.1) is 18.1 Å². The second-order valence-corrected chi connectivity index (χ2v) is 13.9. The van der Waals surface area contributed by atoms with Crippen LogP contribution in [0.25, 0.3) is 21.9 Å². The van der Waals surface area contributed by atoms with Gasteiger partial charge < -0.3 is 23.8 Å². The number of pyridine rings is 2. The van der Waals surface area contributed by atoms with E-state index in [1.54, 1.807) is 60.6 Å². The van der Waals surface area contributed by atoms with E-state index in [9.17, 15) is 14.4 Å². The third-order valence-corrected chi connectivity index (χ3v) is 7.80. The number of piperidine rings is 1. The fourth-order valence-electron chi connectivity index (χ4n) is 5.41. The molecule has 0 spiro atoms. The lowest BCUT2D eigenvalue weighted by Crippen LogP contribution is -2.46. The van der Waals surface area contributed by atoms with Crippen LogP contribution in [-0.2, 0) is 14.2 Å². The number of likely N-dealkylation sites (tertiary alicyclic amines) is 1. The minimum atomic E-state index is -0.752. The third kappa shape index (κ3) is 7.78. The first kappa shape index (κ1) is 34.0. The number of hydrogen-bond donors (Lipinski definition) is 1. The predicted molar refractivity (Wildman–Crippen MR) is 175 cm³/mol. The highest BCUT2D eigenvalue weighted by Crippen LogP contribution is 2.42. The normalized spacial score (nSPS) is 16.7. The van der Waals surface area contributed by atoms with Gasteiger partial charge in [-0.2, -0.15) is 0 Å². The van der Waals surface area contributed by atoms with Gasteiger partial charge in [-0.25, -0.2) is 28.7 Å². The summed E-state index contributed by atoms with van der Waals surface area (Å²) in [5, 5.41) is 3.27. The molecule has 3 amide bonds. The van der Waals surface area contributed by atoms with Gasteiger partial charge in [0.15, 0.2) is 0 Å². The predicted octanol–water partition coefficient (Wildman–Crippen LogP) is 7.48. The second-order valence-electron chi connectivity index (χ2n) is 13.5. The van der Waals surface area contributed by atoms with Crippen molar-refractivity contribution in [2.75, 3.05) is 36.5 Å². The van der Waals surface area contributed by atoms with Crippen LogP contribution >= 0.6 is 11.6 Å². The van der Waals surface area contributed by atoms with Gasteiger partial charge in [-0.1, -0.05) is 11.6 Å². The Balaban J connectivity index is 1.38. The van der Waals surface area contributed by atoms with Crippen molar-refractivity contribution < 1.29 is 37.7 Å². The average Bonchev–Trinajstić information content (AvgIpc) is 2.97. The Morgan fingerprint density at radius 1 is 1.00 bits per heavy atom. The number of nitrogens with zero attached hydrogens (tertiary/aromatic N) is 4. The Bertz CT molecular complexity index is 1720. The van der Waals surface area contributed by atoms with Gasteiger partial charge >= 0.3 is 18.3 Å². The number of nitrogens with one attached hydrogen (secondary N) is 1. The van der Waals surface area contributed by atoms with Crippen LogP contribution in [0.3, 0.4) is 0 Å². The molecule has 1 fully saturated rings. The van der Waals surface area contributed by atoms with Gasteiger partial charge in [-0.3, -0.25) is 10.2 Å². The van der Waals surface area contributed by atoms with Gasteiger partial charge in [0.25, 0.3) is 0 Å². The molecule has 1 atom stereocenters. The highest BCUT2D eigenvalue weighted by molar-refractivity contribution is 6.36. The van der Waals surface area contributed by atoms with E-state index in [2.05, 4.69) is 15.3 Å². The van der Waals surface area contributed by atoms with E-state index in [1.165, 1.54) is 22.2 Å². The maximum absolute atomic E-state index is 15.8. The Morgan fingerprint density at radius 3 is 2.40 bits per heavy atom. The maximum atomic E-state index is 15.8. The molecule has 1 N–H and O–H groups in total. The molecule has 12 nitrogen and oxygen atoms in total. The first-order chi connectivity index (χ1) is 22.0. The zero-order valence-electron chi connectivity index (χ0n) is 27.5. The number of aromatic nitrogens is 2. The van der Waals surface area contributed by atoms with Crippen LogP contribution in [0, 0.1) is 12.7 Å². The number of rotatable bonds is 3. The summed E-state index contributed by atoms with van der Waals surface area (Å²) in [6.45, 7) is 13.6. The highest BCUT2D eigenvalue weighted by atomic mass is 35.5. The highest BCUT2D eigenvalue weighted by Gasteiger charge is 2.33. The number of fused-ring (bicyclic) bond motifs is 2. The fourth-order valence-corrected chi connectivity index (χ4v) is 5.67. The number of carbonyl (C=O) groups is 3. The number of anilines is 2. The Kier molecular flexibility index (Phi) is 9.40. The SMILES string of the molecule is Cc1c(-c2cc3cc(NC(=O)OC4CCCN(C(=O)OC(C)(C)C)C4)ncc3c(Cl)c2F)cnc2c1N(C(=O)OC(C)(C)C)CCO2. The summed E-state index contributed by atoms with van der Waals surface area (Å²) < 4.78 is 38.1. The molecule has 47 heavy (non-hydrogen) atoms. The van der Waals surface area contributed by atoms with Gasteiger partial charge in [0, 0.05) is 35.5 Å². The Hall–Kier alpha value is -4.39. The molecule has 14 heteroatoms. The molecule has 0 radical (unpaired) electrons. The number of carbonyl (C=O) groups excluding carboxylic acids is 3. The van der Waals surface area contributed by atoms with Crippen molar-refractivity contribution in [1.29, 1.82) is 0 Å². The van der Waals surface area contributed by atoms with Crippen LogP contribution in [0.15, 0.2) is 24.5 Å². The molecule has 1 unspecified atom stereocenters. The van der Waals surface area contributed by atoms with Crippen LogP contribution < -0.4 is 15.0 Å². The fraction of sp³-hybridized carbons (Fsp3) is 0.485. The average molecular weight is 672 g/mol. The van der Waals surface area contributed by atoms with Crippen LogP contribution in [-0.4, -0.2) is 76.7 Å². The molecule has 2 aliphatic heterocycles. The van der Waals surface area contributed by atoms with Crippen LogP contribution in [0.4, 0.5) is 30.3 Å². The van der Waals surface area contributed by atoms with Crippen molar-refractivity contribution in [3.8, 4) is 17.0 Å². The lowest BCUT2D eigenvalue weighted by atomic mass is 9.97. The van der Waals surface area contributed by atoms with E-state index in [0.717, 1.165) is 0 Å². The van der Waals surface area contributed by atoms with Crippen LogP contribution in [0.2, 0.25) is 5.02 Å². The zero-order valence-corrected chi connectivity index (χ0v) is 28.3. The standard InChI is InChI=1S/C33H39ClFN5O7/c1-18-22(15-37-28-27(18)40(11-12-44-28)31(43)47-33(5,6)7)21-13-19-14-24(36-16-23(19)25(34)26(21)35)38-29(41)45-20-9-8-10-39(17-20)30(42)46-32(2,3)4/h13-16,20H,8-12,17H2,1-7H3,(H,36,38,41). The van der Waals surface area contributed by atoms with E-state index >= 15 is 4.39 Å². The number of benzene rings is 1. The number of hydrogen-bond acceptors (Lipinski definition) is 9. The molecule has 252 valence electrons. The van der Waals surface area contributed by atoms with E-state index in [0.29, 0.717) is 47.0 Å². The first-order valence-electron chi connectivity index (χ1n) is 15.4. The van der Waals surface area contributed by atoms with Gasteiger partial charge in [0.2, 0.25) is 5.88 Å². The van der Waals surface area contributed by atoms with E-state index < -0.39 is 41.4 Å². The second kappa shape index (κ2) is 13.0. The van der Waals surface area contributed by atoms with Crippen LogP contribution in [0.1, 0.15) is 59.9 Å². The topological polar surface area (TPSA) is 132 Å². The quantitative estimate of drug-likeness (QED) is 0.281. The smallest absolute Gasteiger partial charge is 0.415 e. The van der Waals surface area contributed by atoms with Crippen molar-refractivity contribution in [3.05, 3.63) is 40.9 Å². The molecular formula is C33H39ClFN5O7. The molecular weight excluding hydrogens is 633 g/mol. The van der Waals surface area contributed by atoms with Gasteiger partial charge in [0.1, 0.15) is 41.2 Å². The maximum Gasteiger partial charge on any atom is 0.415 e. The molecule has 2 aromatic heterocycles. The summed E-state index contributed by atoms with van der Waals surface area (Å²) in [4.78, 5) is 50.0. The molecule has 5 rings (SSSR count). The zero-order chi connectivity index (χ0) is 34.3. The lowest BCUT2D eigenvalue weighted by Gasteiger charge is -2.33. The van der Waals surface area contributed by atoms with Crippen LogP contribution in [0.5, 0.6) is 5.88 Å². The number of halogens is 2. The summed E-state index contributed by atoms with van der Waals surface area (Å²) in [7, 11) is 0. The Morgan fingerprint density at radius 2 is 1.70 bits per heavy atom. The molecule has 1 saturated heterocycles. The molecule has 0 aliphatic carbocycles. The molecule has 3 aromatic rings. The molecule has 1 aromatic carbocycles. The van der Waals surface area contributed by atoms with Crippen molar-refractivity contribution >= 4 is 52.2 Å². The summed E-state index contributed by atoms with van der Waals surface area (Å²) in [5.41, 5.74) is 0.0795. The van der Waals surface area contributed by atoms with E-state index in [1.807, 2.05) is 0 Å². The third-order valence-electron chi connectivity index (χ3n) is 7.44. The number of ether oxygens (including phenoxy) is 4. The van der Waals surface area contributed by atoms with Crippen molar-refractivity contribution in [3.63, 3.8) is 0 Å². The largest absolute Gasteiger partial charge is 0.474 e. The van der Waals surface area contributed by atoms with Gasteiger partial charge in [-0.05, 0) is 84.4 Å².